The summed E-state index contributed by atoms with van der Waals surface area (Å²) in [5, 5.41) is 10.1. The average Bonchev–Trinajstić information content (AvgIpc) is 3.18. The van der Waals surface area contributed by atoms with Gasteiger partial charge in [-0.3, -0.25) is 19.4 Å². The van der Waals surface area contributed by atoms with E-state index in [0.717, 1.165) is 18.8 Å². The van der Waals surface area contributed by atoms with Crippen LogP contribution in [0.4, 0.5) is 0 Å². The highest BCUT2D eigenvalue weighted by molar-refractivity contribution is 5.77. The van der Waals surface area contributed by atoms with E-state index in [2.05, 4.69) is 14.8 Å². The second-order valence-corrected chi connectivity index (χ2v) is 8.44. The molecule has 0 spiro atoms. The van der Waals surface area contributed by atoms with E-state index < -0.39 is 11.4 Å². The fourth-order valence-corrected chi connectivity index (χ4v) is 5.35. The monoisotopic (exact) mass is 375 g/mol. The molecule has 0 amide bonds. The van der Waals surface area contributed by atoms with Gasteiger partial charge in [-0.05, 0) is 12.8 Å². The number of fused-ring (bicyclic) bond motifs is 1. The molecule has 2 N–H and O–H groups in total. The van der Waals surface area contributed by atoms with Gasteiger partial charge < -0.3 is 14.8 Å². The fourth-order valence-electron chi connectivity index (χ4n) is 5.35. The summed E-state index contributed by atoms with van der Waals surface area (Å²) < 4.78 is 5.01. The Bertz CT molecular complexity index is 758. The Labute approximate surface area is 159 Å². The van der Waals surface area contributed by atoms with Crippen LogP contribution in [0.15, 0.2) is 17.1 Å². The number of H-pyrrole nitrogens is 1. The lowest BCUT2D eigenvalue weighted by molar-refractivity contribution is -0.149. The Balaban J connectivity index is 1.46. The second-order valence-electron chi connectivity index (χ2n) is 8.44. The molecular weight excluding hydrogens is 346 g/mol. The van der Waals surface area contributed by atoms with Crippen LogP contribution in [0.5, 0.6) is 5.75 Å². The molecule has 7 heteroatoms. The molecule has 7 nitrogen and oxygen atoms in total. The van der Waals surface area contributed by atoms with Crippen LogP contribution in [-0.4, -0.2) is 65.2 Å². The highest BCUT2D eigenvalue weighted by Crippen LogP contribution is 2.45. The number of hydrogen-bond donors (Lipinski definition) is 2. The van der Waals surface area contributed by atoms with Gasteiger partial charge in [0.1, 0.15) is 0 Å². The molecule has 0 radical (unpaired) electrons. The average molecular weight is 375 g/mol. The first-order valence-corrected chi connectivity index (χ1v) is 9.97. The van der Waals surface area contributed by atoms with Crippen molar-refractivity contribution in [3.63, 3.8) is 0 Å². The van der Waals surface area contributed by atoms with Gasteiger partial charge in [-0.1, -0.05) is 19.3 Å². The number of aromatic amines is 1. The third-order valence-electron chi connectivity index (χ3n) is 6.77. The maximum absolute atomic E-state index is 12.2. The van der Waals surface area contributed by atoms with E-state index in [1.165, 1.54) is 39.2 Å². The molecule has 3 heterocycles. The summed E-state index contributed by atoms with van der Waals surface area (Å²) in [5.74, 6) is -0.222. The van der Waals surface area contributed by atoms with E-state index in [-0.39, 0.29) is 11.3 Å². The van der Waals surface area contributed by atoms with E-state index in [9.17, 15) is 14.7 Å². The van der Waals surface area contributed by atoms with Crippen LogP contribution in [0.25, 0.3) is 0 Å². The molecule has 148 valence electrons. The molecule has 2 saturated heterocycles. The van der Waals surface area contributed by atoms with Crippen molar-refractivity contribution in [2.24, 2.45) is 11.3 Å². The van der Waals surface area contributed by atoms with E-state index in [1.807, 2.05) is 0 Å². The van der Waals surface area contributed by atoms with Gasteiger partial charge in [0.25, 0.3) is 0 Å². The van der Waals surface area contributed by atoms with Crippen molar-refractivity contribution in [1.29, 1.82) is 0 Å². The number of likely N-dealkylation sites (tertiary alicyclic amines) is 2. The summed E-state index contributed by atoms with van der Waals surface area (Å²) in [7, 11) is 1.47. The predicted molar refractivity (Wildman–Crippen MR) is 101 cm³/mol. The van der Waals surface area contributed by atoms with Crippen molar-refractivity contribution in [2.75, 3.05) is 33.3 Å². The molecular formula is C20H29N3O4. The highest BCUT2D eigenvalue weighted by Gasteiger charge is 2.58. The zero-order valence-corrected chi connectivity index (χ0v) is 15.9. The van der Waals surface area contributed by atoms with Crippen LogP contribution in [0.3, 0.4) is 0 Å². The van der Waals surface area contributed by atoms with Gasteiger partial charge in [0, 0.05) is 62.6 Å². The van der Waals surface area contributed by atoms with Crippen molar-refractivity contribution in [1.82, 2.24) is 14.8 Å². The molecule has 0 bridgehead atoms. The highest BCUT2D eigenvalue weighted by atomic mass is 16.5. The Morgan fingerprint density at radius 3 is 2.70 bits per heavy atom. The topological polar surface area (TPSA) is 85.9 Å². The minimum Gasteiger partial charge on any atom is -0.491 e. The van der Waals surface area contributed by atoms with Crippen LogP contribution in [0.1, 0.15) is 37.8 Å². The summed E-state index contributed by atoms with van der Waals surface area (Å²) >= 11 is 0. The predicted octanol–water partition coefficient (Wildman–Crippen LogP) is 1.53. The number of nitrogens with zero attached hydrogens (tertiary/aromatic N) is 2. The van der Waals surface area contributed by atoms with Gasteiger partial charge in [0.15, 0.2) is 5.75 Å². The summed E-state index contributed by atoms with van der Waals surface area (Å²) in [6.07, 6.45) is 7.84. The van der Waals surface area contributed by atoms with Crippen LogP contribution < -0.4 is 10.2 Å². The lowest BCUT2D eigenvalue weighted by Crippen LogP contribution is -2.43. The molecule has 27 heavy (non-hydrogen) atoms. The van der Waals surface area contributed by atoms with Crippen molar-refractivity contribution < 1.29 is 14.6 Å². The van der Waals surface area contributed by atoms with E-state index >= 15 is 0 Å². The molecule has 1 aliphatic carbocycles. The van der Waals surface area contributed by atoms with E-state index in [4.69, 9.17) is 4.74 Å². The van der Waals surface area contributed by atoms with Crippen molar-refractivity contribution in [3.05, 3.63) is 28.2 Å². The minimum atomic E-state index is -0.676. The summed E-state index contributed by atoms with van der Waals surface area (Å²) in [5.41, 5.74) is -0.0305. The normalized spacial score (nSPS) is 29.7. The fraction of sp³-hybridized carbons (Fsp3) is 0.700. The summed E-state index contributed by atoms with van der Waals surface area (Å²) in [6, 6.07) is 2.11. The first kappa shape index (κ1) is 18.5. The third-order valence-corrected chi connectivity index (χ3v) is 6.77. The van der Waals surface area contributed by atoms with Crippen LogP contribution in [-0.2, 0) is 11.3 Å². The molecule has 4 rings (SSSR count). The largest absolute Gasteiger partial charge is 0.491 e. The number of rotatable bonds is 5. The van der Waals surface area contributed by atoms with Gasteiger partial charge in [0.05, 0.1) is 12.5 Å². The van der Waals surface area contributed by atoms with Crippen LogP contribution >= 0.6 is 0 Å². The van der Waals surface area contributed by atoms with Gasteiger partial charge >= 0.3 is 5.97 Å². The second kappa shape index (κ2) is 7.28. The zero-order valence-electron chi connectivity index (χ0n) is 15.9. The maximum Gasteiger partial charge on any atom is 0.312 e. The first-order chi connectivity index (χ1) is 13.0. The van der Waals surface area contributed by atoms with E-state index in [1.54, 1.807) is 12.3 Å². The molecule has 0 aromatic carbocycles. The summed E-state index contributed by atoms with van der Waals surface area (Å²) in [4.78, 5) is 31.9. The van der Waals surface area contributed by atoms with Crippen molar-refractivity contribution >= 4 is 5.97 Å². The lowest BCUT2D eigenvalue weighted by atomic mass is 9.81. The third kappa shape index (κ3) is 3.38. The van der Waals surface area contributed by atoms with Crippen molar-refractivity contribution in [2.45, 2.75) is 44.7 Å². The maximum atomic E-state index is 12.2. The summed E-state index contributed by atoms with van der Waals surface area (Å²) in [6.45, 7) is 3.42. The van der Waals surface area contributed by atoms with Crippen LogP contribution in [0, 0.1) is 11.3 Å². The molecule has 3 aliphatic rings. The van der Waals surface area contributed by atoms with Gasteiger partial charge in [-0.2, -0.15) is 0 Å². The Morgan fingerprint density at radius 2 is 2.07 bits per heavy atom. The minimum absolute atomic E-state index is 0.151. The molecule has 3 fully saturated rings. The standard InChI is InChI=1S/C20H29N3O4/c1-27-18-8-21-15(7-17(18)24)11-22-9-14-10-23(16-5-3-2-4-6-16)13-20(14,12-22)19(25)26/h7-8,14,16H,2-6,9-13H2,1H3,(H,21,24)(H,25,26). The SMILES string of the molecule is COc1c[nH]c(CN2CC3CN(C4CCCCC4)CC3(C(=O)O)C2)cc1=O. The van der Waals surface area contributed by atoms with Gasteiger partial charge in [0.2, 0.25) is 5.43 Å². The number of methoxy groups -OCH3 is 1. The zero-order chi connectivity index (χ0) is 19.0. The Hall–Kier alpha value is -1.86. The molecule has 2 unspecified atom stereocenters. The molecule has 1 saturated carbocycles. The number of carbonyl (C=O) groups is 1. The molecule has 2 aliphatic heterocycles. The lowest BCUT2D eigenvalue weighted by Gasteiger charge is -2.33. The molecule has 1 aromatic rings. The first-order valence-electron chi connectivity index (χ1n) is 9.97. The number of nitrogens with one attached hydrogen (secondary N) is 1. The van der Waals surface area contributed by atoms with Gasteiger partial charge in [-0.15, -0.1) is 0 Å². The number of carboxylic acid groups (broad SMARTS) is 1. The van der Waals surface area contributed by atoms with E-state index in [0.29, 0.717) is 31.4 Å². The van der Waals surface area contributed by atoms with Gasteiger partial charge in [-0.25, -0.2) is 0 Å². The number of aromatic nitrogens is 1. The Kier molecular flexibility index (Phi) is 4.99. The quantitative estimate of drug-likeness (QED) is 0.812. The Morgan fingerprint density at radius 1 is 1.30 bits per heavy atom. The number of ether oxygens (including phenoxy) is 1. The smallest absolute Gasteiger partial charge is 0.312 e. The number of pyridine rings is 1. The number of carboxylic acids is 1. The molecule has 1 aromatic heterocycles. The van der Waals surface area contributed by atoms with Crippen LogP contribution in [0.2, 0.25) is 0 Å². The number of hydrogen-bond acceptors (Lipinski definition) is 5. The molecule has 2 atom stereocenters. The van der Waals surface area contributed by atoms with Crippen molar-refractivity contribution in [3.8, 4) is 5.75 Å². The number of aliphatic carboxylic acids is 1.